The van der Waals surface area contributed by atoms with Gasteiger partial charge < -0.3 is 11.1 Å². The predicted octanol–water partition coefficient (Wildman–Crippen LogP) is 2.76. The molecule has 2 heterocycles. The second-order valence-electron chi connectivity index (χ2n) is 5.60. The fourth-order valence-electron chi connectivity index (χ4n) is 3.00. The highest BCUT2D eigenvalue weighted by molar-refractivity contribution is 5.85. The highest BCUT2D eigenvalue weighted by Gasteiger charge is 2.29. The standard InChI is InChI=1S/C17H12N6O2/c18-9-12-15(10-5-7-11(8-6-10)23(24)25)21-17-20-13-3-1-2-4-14(13)22(17)16(12)19/h1-8,15H,19H2,(H,20,21). The number of rotatable bonds is 2. The lowest BCUT2D eigenvalue weighted by Crippen LogP contribution is -2.26. The molecule has 0 saturated heterocycles. The Bertz CT molecular complexity index is 1070. The molecule has 25 heavy (non-hydrogen) atoms. The second-order valence-corrected chi connectivity index (χ2v) is 5.60. The number of nitro benzene ring substituents is 1. The molecule has 1 unspecified atom stereocenters. The van der Waals surface area contributed by atoms with E-state index in [2.05, 4.69) is 16.4 Å². The number of para-hydroxylation sites is 2. The lowest BCUT2D eigenvalue weighted by Gasteiger charge is -2.26. The number of nitriles is 1. The van der Waals surface area contributed by atoms with Crippen molar-refractivity contribution in [3.05, 3.63) is 69.8 Å². The topological polar surface area (TPSA) is 123 Å². The van der Waals surface area contributed by atoms with Gasteiger partial charge in [0.25, 0.3) is 5.69 Å². The molecule has 0 spiro atoms. The van der Waals surface area contributed by atoms with Gasteiger partial charge in [-0.05, 0) is 29.8 Å². The van der Waals surface area contributed by atoms with Crippen LogP contribution in [0.5, 0.6) is 0 Å². The summed E-state index contributed by atoms with van der Waals surface area (Å²) < 4.78 is 1.70. The zero-order valence-corrected chi connectivity index (χ0v) is 12.9. The number of hydrogen-bond acceptors (Lipinski definition) is 6. The molecule has 0 fully saturated rings. The zero-order chi connectivity index (χ0) is 17.6. The van der Waals surface area contributed by atoms with Gasteiger partial charge in [-0.3, -0.25) is 14.7 Å². The Kier molecular flexibility index (Phi) is 3.15. The van der Waals surface area contributed by atoms with Crippen molar-refractivity contribution < 1.29 is 4.92 Å². The van der Waals surface area contributed by atoms with E-state index in [1.807, 2.05) is 24.3 Å². The SMILES string of the molecule is N#CC1=C(N)n2c(nc3ccccc32)NC1c1ccc([N+](=O)[O-])cc1. The summed E-state index contributed by atoms with van der Waals surface area (Å²) in [7, 11) is 0. The summed E-state index contributed by atoms with van der Waals surface area (Å²) in [6, 6.07) is 15.1. The normalized spacial score (nSPS) is 16.2. The van der Waals surface area contributed by atoms with Gasteiger partial charge in [-0.25, -0.2) is 4.98 Å². The molecule has 0 aliphatic carbocycles. The largest absolute Gasteiger partial charge is 0.384 e. The van der Waals surface area contributed by atoms with Crippen molar-refractivity contribution in [2.75, 3.05) is 5.32 Å². The minimum atomic E-state index is -0.518. The third-order valence-electron chi connectivity index (χ3n) is 4.20. The molecular formula is C17H12N6O2. The Hall–Kier alpha value is -3.86. The summed E-state index contributed by atoms with van der Waals surface area (Å²) in [6.07, 6.45) is 0. The lowest BCUT2D eigenvalue weighted by atomic mass is 9.98. The average molecular weight is 332 g/mol. The van der Waals surface area contributed by atoms with E-state index in [0.29, 0.717) is 22.9 Å². The number of nitrogens with one attached hydrogen (secondary N) is 1. The van der Waals surface area contributed by atoms with Gasteiger partial charge in [0.2, 0.25) is 5.95 Å². The van der Waals surface area contributed by atoms with E-state index >= 15 is 0 Å². The number of nitrogens with zero attached hydrogens (tertiary/aromatic N) is 4. The van der Waals surface area contributed by atoms with E-state index in [-0.39, 0.29) is 5.69 Å². The summed E-state index contributed by atoms with van der Waals surface area (Å²) in [6.45, 7) is 0. The fraction of sp³-hybridized carbons (Fsp3) is 0.0588. The maximum absolute atomic E-state index is 10.8. The van der Waals surface area contributed by atoms with Crippen LogP contribution < -0.4 is 11.1 Å². The Morgan fingerprint density at radius 1 is 1.24 bits per heavy atom. The molecule has 1 aliphatic heterocycles. The smallest absolute Gasteiger partial charge is 0.269 e. The van der Waals surface area contributed by atoms with E-state index in [1.54, 1.807) is 16.7 Å². The molecule has 1 aliphatic rings. The molecule has 3 aromatic rings. The minimum absolute atomic E-state index is 0.0118. The van der Waals surface area contributed by atoms with Gasteiger partial charge >= 0.3 is 0 Å². The number of aromatic nitrogens is 2. The van der Waals surface area contributed by atoms with E-state index < -0.39 is 11.0 Å². The van der Waals surface area contributed by atoms with Crippen LogP contribution in [0.25, 0.3) is 16.9 Å². The number of non-ortho nitro benzene ring substituents is 1. The molecule has 0 radical (unpaired) electrons. The van der Waals surface area contributed by atoms with Crippen LogP contribution >= 0.6 is 0 Å². The molecule has 0 amide bonds. The number of imidazole rings is 1. The molecule has 122 valence electrons. The molecule has 8 heteroatoms. The molecule has 3 N–H and O–H groups in total. The number of nitrogens with two attached hydrogens (primary N) is 1. The third kappa shape index (κ3) is 2.18. The predicted molar refractivity (Wildman–Crippen MR) is 92.2 cm³/mol. The Morgan fingerprint density at radius 3 is 2.64 bits per heavy atom. The number of nitro groups is 1. The quantitative estimate of drug-likeness (QED) is 0.549. The zero-order valence-electron chi connectivity index (χ0n) is 12.9. The van der Waals surface area contributed by atoms with E-state index in [1.165, 1.54) is 12.1 Å². The molecule has 0 bridgehead atoms. The van der Waals surface area contributed by atoms with E-state index in [0.717, 1.165) is 11.0 Å². The molecule has 1 atom stereocenters. The summed E-state index contributed by atoms with van der Waals surface area (Å²) >= 11 is 0. The van der Waals surface area contributed by atoms with Crippen LogP contribution in [0, 0.1) is 21.4 Å². The van der Waals surface area contributed by atoms with Gasteiger partial charge in [0.1, 0.15) is 11.9 Å². The molecule has 8 nitrogen and oxygen atoms in total. The first-order valence-electron chi connectivity index (χ1n) is 7.48. The second kappa shape index (κ2) is 5.35. The summed E-state index contributed by atoms with van der Waals surface area (Å²) in [5.74, 6) is 0.828. The van der Waals surface area contributed by atoms with Crippen LogP contribution in [0.4, 0.5) is 11.6 Å². The van der Waals surface area contributed by atoms with Gasteiger partial charge in [0, 0.05) is 12.1 Å². The Morgan fingerprint density at radius 2 is 1.96 bits per heavy atom. The lowest BCUT2D eigenvalue weighted by molar-refractivity contribution is -0.384. The van der Waals surface area contributed by atoms with Crippen molar-refractivity contribution in [1.82, 2.24) is 9.55 Å². The summed E-state index contributed by atoms with van der Waals surface area (Å²) in [5.41, 5.74) is 8.83. The van der Waals surface area contributed by atoms with Crippen molar-refractivity contribution >= 4 is 28.5 Å². The van der Waals surface area contributed by atoms with Crippen LogP contribution in [-0.4, -0.2) is 14.5 Å². The van der Waals surface area contributed by atoms with Crippen LogP contribution in [0.1, 0.15) is 11.6 Å². The van der Waals surface area contributed by atoms with Crippen molar-refractivity contribution in [1.29, 1.82) is 5.26 Å². The van der Waals surface area contributed by atoms with Crippen LogP contribution in [0.3, 0.4) is 0 Å². The third-order valence-corrected chi connectivity index (χ3v) is 4.20. The van der Waals surface area contributed by atoms with Crippen LogP contribution in [0.15, 0.2) is 54.1 Å². The molecule has 0 saturated carbocycles. The van der Waals surface area contributed by atoms with Crippen molar-refractivity contribution in [3.8, 4) is 6.07 Å². The maximum atomic E-state index is 10.8. The van der Waals surface area contributed by atoms with Gasteiger partial charge in [-0.2, -0.15) is 5.26 Å². The monoisotopic (exact) mass is 332 g/mol. The number of anilines is 1. The fourth-order valence-corrected chi connectivity index (χ4v) is 3.00. The number of hydrogen-bond donors (Lipinski definition) is 2. The summed E-state index contributed by atoms with van der Waals surface area (Å²) in [4.78, 5) is 14.9. The van der Waals surface area contributed by atoms with Crippen LogP contribution in [-0.2, 0) is 0 Å². The first-order valence-corrected chi connectivity index (χ1v) is 7.48. The minimum Gasteiger partial charge on any atom is -0.384 e. The molecule has 2 aromatic carbocycles. The van der Waals surface area contributed by atoms with Gasteiger partial charge in [-0.1, -0.05) is 12.1 Å². The Balaban J connectivity index is 1.85. The van der Waals surface area contributed by atoms with Crippen molar-refractivity contribution in [2.24, 2.45) is 5.73 Å². The van der Waals surface area contributed by atoms with Gasteiger partial charge in [0.05, 0.1) is 27.6 Å². The molecule has 4 rings (SSSR count). The number of benzene rings is 2. The van der Waals surface area contributed by atoms with Gasteiger partial charge in [0.15, 0.2) is 0 Å². The van der Waals surface area contributed by atoms with E-state index in [4.69, 9.17) is 5.73 Å². The van der Waals surface area contributed by atoms with E-state index in [9.17, 15) is 15.4 Å². The Labute approximate surface area is 142 Å². The van der Waals surface area contributed by atoms with Crippen molar-refractivity contribution in [3.63, 3.8) is 0 Å². The maximum Gasteiger partial charge on any atom is 0.269 e. The molecule has 1 aromatic heterocycles. The first kappa shape index (κ1) is 14.7. The first-order chi connectivity index (χ1) is 12.1. The highest BCUT2D eigenvalue weighted by Crippen LogP contribution is 2.36. The number of fused-ring (bicyclic) bond motifs is 3. The van der Waals surface area contributed by atoms with Crippen LogP contribution in [0.2, 0.25) is 0 Å². The van der Waals surface area contributed by atoms with Gasteiger partial charge in [-0.15, -0.1) is 0 Å². The van der Waals surface area contributed by atoms with Crippen molar-refractivity contribution in [2.45, 2.75) is 6.04 Å². The summed E-state index contributed by atoms with van der Waals surface area (Å²) in [5, 5.41) is 23.6. The molecular weight excluding hydrogens is 320 g/mol. The highest BCUT2D eigenvalue weighted by atomic mass is 16.6. The average Bonchev–Trinajstić information content (AvgIpc) is 3.00.